The van der Waals surface area contributed by atoms with E-state index in [4.69, 9.17) is 9.84 Å². The van der Waals surface area contributed by atoms with Crippen LogP contribution in [0.2, 0.25) is 0 Å². The summed E-state index contributed by atoms with van der Waals surface area (Å²) >= 11 is 0. The second-order valence-corrected chi connectivity index (χ2v) is 4.94. The summed E-state index contributed by atoms with van der Waals surface area (Å²) in [4.78, 5) is 10.6. The number of ether oxygens (including phenoxy) is 1. The molecule has 1 amide bonds. The average molecular weight is 297 g/mol. The zero-order valence-electron chi connectivity index (χ0n) is 11.3. The summed E-state index contributed by atoms with van der Waals surface area (Å²) in [5, 5.41) is 10.7. The first kappa shape index (κ1) is 15.4. The van der Waals surface area contributed by atoms with E-state index in [1.807, 2.05) is 5.32 Å². The van der Waals surface area contributed by atoms with Crippen LogP contribution in [0, 0.1) is 5.92 Å². The fourth-order valence-electron chi connectivity index (χ4n) is 2.36. The van der Waals surface area contributed by atoms with Crippen molar-refractivity contribution in [1.29, 1.82) is 0 Å². The highest BCUT2D eigenvalue weighted by Gasteiger charge is 2.44. The molecule has 0 unspecified atom stereocenters. The number of hydrogen-bond donors (Lipinski definition) is 2. The van der Waals surface area contributed by atoms with Gasteiger partial charge in [0.1, 0.15) is 0 Å². The largest absolute Gasteiger partial charge is 0.465 e. The van der Waals surface area contributed by atoms with Crippen LogP contribution in [0.3, 0.4) is 0 Å². The van der Waals surface area contributed by atoms with Gasteiger partial charge in [-0.2, -0.15) is 0 Å². The Hall–Kier alpha value is -1.95. The van der Waals surface area contributed by atoms with Crippen molar-refractivity contribution >= 4 is 6.09 Å². The smallest absolute Gasteiger partial charge is 0.404 e. The average Bonchev–Trinajstić information content (AvgIpc) is 2.92. The van der Waals surface area contributed by atoms with Gasteiger partial charge in [-0.25, -0.2) is 13.6 Å². The number of halogens is 2. The first-order valence-corrected chi connectivity index (χ1v) is 6.66. The summed E-state index contributed by atoms with van der Waals surface area (Å²) in [5.41, 5.74) is 0.504. The van der Waals surface area contributed by atoms with Crippen molar-refractivity contribution in [2.45, 2.75) is 18.4 Å². The van der Waals surface area contributed by atoms with Crippen molar-refractivity contribution in [3.63, 3.8) is 0 Å². The molecule has 2 N–H and O–H groups in total. The van der Waals surface area contributed by atoms with Crippen LogP contribution in [0.15, 0.2) is 42.5 Å². The fraction of sp³-hybridized carbons (Fsp3) is 0.400. The molecule has 0 saturated carbocycles. The Morgan fingerprint density at radius 1 is 1.43 bits per heavy atom. The minimum atomic E-state index is -3.08. The number of nitrogens with one attached hydrogen (secondary N) is 1. The molecule has 1 aliphatic heterocycles. The zero-order chi connectivity index (χ0) is 15.3. The third-order valence-corrected chi connectivity index (χ3v) is 3.41. The molecule has 21 heavy (non-hydrogen) atoms. The molecule has 1 aromatic carbocycles. The third kappa shape index (κ3) is 4.26. The van der Waals surface area contributed by atoms with Crippen molar-refractivity contribution in [3.05, 3.63) is 48.0 Å². The van der Waals surface area contributed by atoms with E-state index in [0.29, 0.717) is 5.56 Å². The summed E-state index contributed by atoms with van der Waals surface area (Å²) in [6, 6.07) is 8.40. The lowest BCUT2D eigenvalue weighted by atomic mass is 9.90. The van der Waals surface area contributed by atoms with Crippen molar-refractivity contribution < 1.29 is 23.4 Å². The van der Waals surface area contributed by atoms with Crippen LogP contribution >= 0.6 is 0 Å². The van der Waals surface area contributed by atoms with Crippen molar-refractivity contribution in [3.8, 4) is 0 Å². The number of rotatable bonds is 6. The Balaban J connectivity index is 2.12. The first-order valence-electron chi connectivity index (χ1n) is 6.66. The molecule has 0 saturated heterocycles. The lowest BCUT2D eigenvalue weighted by Crippen LogP contribution is -2.45. The van der Waals surface area contributed by atoms with E-state index in [9.17, 15) is 13.6 Å². The van der Waals surface area contributed by atoms with E-state index in [-0.39, 0.29) is 13.2 Å². The molecular weight excluding hydrogens is 280 g/mol. The van der Waals surface area contributed by atoms with Gasteiger partial charge >= 0.3 is 6.09 Å². The van der Waals surface area contributed by atoms with Crippen LogP contribution in [0.1, 0.15) is 5.56 Å². The maximum Gasteiger partial charge on any atom is 0.404 e. The predicted molar refractivity (Wildman–Crippen MR) is 73.5 cm³/mol. The van der Waals surface area contributed by atoms with Gasteiger partial charge in [-0.3, -0.25) is 0 Å². The van der Waals surface area contributed by atoms with Gasteiger partial charge in [-0.1, -0.05) is 42.5 Å². The summed E-state index contributed by atoms with van der Waals surface area (Å²) in [6.45, 7) is -0.0835. The predicted octanol–water partition coefficient (Wildman–Crippen LogP) is 2.70. The van der Waals surface area contributed by atoms with E-state index >= 15 is 0 Å². The van der Waals surface area contributed by atoms with Gasteiger partial charge in [-0.15, -0.1) is 0 Å². The van der Waals surface area contributed by atoms with Crippen LogP contribution < -0.4 is 5.32 Å². The number of amides is 1. The van der Waals surface area contributed by atoms with Gasteiger partial charge in [0.05, 0.1) is 18.6 Å². The molecule has 114 valence electrons. The standard InChI is InChI=1S/C15H17F2NO3/c16-15(17,9-11-5-2-1-3-6-11)12(10-18-14(19)20)13-7-4-8-21-13/h1-7,12-13,18H,8-10H2,(H,19,20)/t12-,13-/m0/s1. The van der Waals surface area contributed by atoms with E-state index < -0.39 is 30.5 Å². The fourth-order valence-corrected chi connectivity index (χ4v) is 2.36. The lowest BCUT2D eigenvalue weighted by molar-refractivity contribution is -0.0983. The van der Waals surface area contributed by atoms with E-state index in [1.165, 1.54) is 0 Å². The topological polar surface area (TPSA) is 58.6 Å². The zero-order valence-corrected chi connectivity index (χ0v) is 11.3. The molecule has 0 fully saturated rings. The Kier molecular flexibility index (Phi) is 4.90. The Morgan fingerprint density at radius 2 is 2.14 bits per heavy atom. The number of alkyl halides is 2. The normalized spacial score (nSPS) is 19.4. The summed E-state index contributed by atoms with van der Waals surface area (Å²) in [6.07, 6.45) is 0.672. The SMILES string of the molecule is O=C(O)NC[C@@H]([C@@H]1C=CCO1)C(F)(F)Cc1ccccc1. The van der Waals surface area contributed by atoms with Gasteiger partial charge in [0.25, 0.3) is 5.92 Å². The van der Waals surface area contributed by atoms with Crippen LogP contribution in [0.5, 0.6) is 0 Å². The highest BCUT2D eigenvalue weighted by molar-refractivity contribution is 5.64. The number of benzene rings is 1. The molecule has 1 heterocycles. The molecule has 1 aromatic rings. The van der Waals surface area contributed by atoms with Gasteiger partial charge in [0.15, 0.2) is 0 Å². The molecule has 1 aliphatic rings. The molecule has 0 bridgehead atoms. The highest BCUT2D eigenvalue weighted by Crippen LogP contribution is 2.34. The monoisotopic (exact) mass is 297 g/mol. The first-order chi connectivity index (χ1) is 9.99. The lowest BCUT2D eigenvalue weighted by Gasteiger charge is -2.30. The molecule has 0 radical (unpaired) electrons. The van der Waals surface area contributed by atoms with Crippen LogP contribution in [-0.4, -0.2) is 36.4 Å². The number of carbonyl (C=O) groups is 1. The highest BCUT2D eigenvalue weighted by atomic mass is 19.3. The Bertz CT molecular complexity index is 505. The summed E-state index contributed by atoms with van der Waals surface area (Å²) in [5.74, 6) is -4.32. The van der Waals surface area contributed by atoms with E-state index in [1.54, 1.807) is 42.5 Å². The van der Waals surface area contributed by atoms with Gasteiger partial charge in [0.2, 0.25) is 0 Å². The molecule has 0 aromatic heterocycles. The molecule has 4 nitrogen and oxygen atoms in total. The Morgan fingerprint density at radius 3 is 2.71 bits per heavy atom. The molecule has 6 heteroatoms. The van der Waals surface area contributed by atoms with Crippen LogP contribution in [0.25, 0.3) is 0 Å². The summed E-state index contributed by atoms with van der Waals surface area (Å²) in [7, 11) is 0. The van der Waals surface area contributed by atoms with Crippen molar-refractivity contribution in [1.82, 2.24) is 5.32 Å². The minimum absolute atomic E-state index is 0.273. The number of hydrogen-bond acceptors (Lipinski definition) is 2. The van der Waals surface area contributed by atoms with Gasteiger partial charge in [0, 0.05) is 13.0 Å². The number of carboxylic acid groups (broad SMARTS) is 1. The second kappa shape index (κ2) is 6.67. The molecular formula is C15H17F2NO3. The van der Waals surface area contributed by atoms with Crippen molar-refractivity contribution in [2.75, 3.05) is 13.2 Å². The van der Waals surface area contributed by atoms with E-state index in [0.717, 1.165) is 0 Å². The van der Waals surface area contributed by atoms with Gasteiger partial charge < -0.3 is 15.2 Å². The molecule has 0 spiro atoms. The molecule has 2 rings (SSSR count). The summed E-state index contributed by atoms with van der Waals surface area (Å²) < 4.78 is 34.3. The molecule has 2 atom stereocenters. The molecule has 0 aliphatic carbocycles. The van der Waals surface area contributed by atoms with E-state index in [2.05, 4.69) is 0 Å². The Labute approximate surface area is 121 Å². The maximum absolute atomic E-state index is 14.5. The second-order valence-electron chi connectivity index (χ2n) is 4.94. The van der Waals surface area contributed by atoms with Crippen LogP contribution in [-0.2, 0) is 11.2 Å². The van der Waals surface area contributed by atoms with Crippen LogP contribution in [0.4, 0.5) is 13.6 Å². The van der Waals surface area contributed by atoms with Crippen molar-refractivity contribution in [2.24, 2.45) is 5.92 Å². The quantitative estimate of drug-likeness (QED) is 0.794. The third-order valence-electron chi connectivity index (χ3n) is 3.41. The van der Waals surface area contributed by atoms with Gasteiger partial charge in [-0.05, 0) is 5.56 Å². The maximum atomic E-state index is 14.5. The minimum Gasteiger partial charge on any atom is -0.465 e.